The van der Waals surface area contributed by atoms with Crippen molar-refractivity contribution in [3.63, 3.8) is 0 Å². The molecule has 90 valence electrons. The first-order chi connectivity index (χ1) is 8.25. The maximum atomic E-state index is 6.03. The molecule has 0 amide bonds. The van der Waals surface area contributed by atoms with Crippen LogP contribution in [-0.2, 0) is 7.05 Å². The fourth-order valence-corrected chi connectivity index (χ4v) is 2.79. The Bertz CT molecular complexity index is 541. The highest BCUT2D eigenvalue weighted by Crippen LogP contribution is 2.27. The number of aryl methyl sites for hydroxylation is 1. The van der Waals surface area contributed by atoms with E-state index in [-0.39, 0.29) is 0 Å². The fraction of sp³-hybridized carbons (Fsp3) is 0.462. The van der Waals surface area contributed by atoms with Crippen molar-refractivity contribution < 1.29 is 0 Å². The molecule has 0 saturated carbocycles. The summed E-state index contributed by atoms with van der Waals surface area (Å²) >= 11 is 6.03. The van der Waals surface area contributed by atoms with Crippen LogP contribution in [0.3, 0.4) is 0 Å². The van der Waals surface area contributed by atoms with Crippen LogP contribution in [0, 0.1) is 0 Å². The third-order valence-corrected chi connectivity index (χ3v) is 3.77. The number of halogens is 1. The van der Waals surface area contributed by atoms with E-state index >= 15 is 0 Å². The molecule has 0 bridgehead atoms. The minimum Gasteiger partial charge on any atom is -0.331 e. The van der Waals surface area contributed by atoms with Crippen molar-refractivity contribution in [2.75, 3.05) is 13.1 Å². The van der Waals surface area contributed by atoms with Crippen LogP contribution in [0.4, 0.5) is 0 Å². The lowest BCUT2D eigenvalue weighted by molar-refractivity contribution is 0.440. The average molecular weight is 250 g/mol. The van der Waals surface area contributed by atoms with Gasteiger partial charge in [-0.3, -0.25) is 0 Å². The Kier molecular flexibility index (Phi) is 2.81. The SMILES string of the molecule is Cn1c(C2CCCNC2)nc2ccc(Cl)cc21. The van der Waals surface area contributed by atoms with E-state index in [9.17, 15) is 0 Å². The second kappa shape index (κ2) is 4.31. The Morgan fingerprint density at radius 2 is 2.35 bits per heavy atom. The van der Waals surface area contributed by atoms with Gasteiger partial charge in [-0.1, -0.05) is 11.6 Å². The van der Waals surface area contributed by atoms with Crippen LogP contribution in [0.5, 0.6) is 0 Å². The highest BCUT2D eigenvalue weighted by Gasteiger charge is 2.20. The molecule has 0 radical (unpaired) electrons. The van der Waals surface area contributed by atoms with E-state index in [1.165, 1.54) is 18.7 Å². The Balaban J connectivity index is 2.07. The molecular formula is C13H16ClN3. The van der Waals surface area contributed by atoms with Crippen molar-refractivity contribution in [2.24, 2.45) is 7.05 Å². The van der Waals surface area contributed by atoms with Crippen molar-refractivity contribution in [1.82, 2.24) is 14.9 Å². The van der Waals surface area contributed by atoms with E-state index in [2.05, 4.69) is 16.9 Å². The van der Waals surface area contributed by atoms with E-state index in [1.807, 2.05) is 18.2 Å². The molecule has 3 rings (SSSR count). The first kappa shape index (κ1) is 11.1. The molecule has 4 heteroatoms. The number of imidazole rings is 1. The lowest BCUT2D eigenvalue weighted by Crippen LogP contribution is -2.29. The molecule has 1 aliphatic rings. The number of hydrogen-bond donors (Lipinski definition) is 1. The molecule has 3 nitrogen and oxygen atoms in total. The van der Waals surface area contributed by atoms with Gasteiger partial charge in [-0.05, 0) is 37.6 Å². The van der Waals surface area contributed by atoms with Crippen LogP contribution in [0.25, 0.3) is 11.0 Å². The first-order valence-electron chi connectivity index (χ1n) is 6.08. The van der Waals surface area contributed by atoms with Crippen LogP contribution < -0.4 is 5.32 Å². The summed E-state index contributed by atoms with van der Waals surface area (Å²) in [7, 11) is 2.08. The van der Waals surface area contributed by atoms with Gasteiger partial charge in [-0.25, -0.2) is 4.98 Å². The van der Waals surface area contributed by atoms with E-state index in [0.29, 0.717) is 5.92 Å². The Labute approximate surface area is 106 Å². The van der Waals surface area contributed by atoms with Crippen LogP contribution in [0.15, 0.2) is 18.2 Å². The van der Waals surface area contributed by atoms with Crippen LogP contribution in [-0.4, -0.2) is 22.6 Å². The molecular weight excluding hydrogens is 234 g/mol. The maximum Gasteiger partial charge on any atom is 0.114 e. The standard InChI is InChI=1S/C13H16ClN3/c1-17-12-7-10(14)4-5-11(12)16-13(17)9-3-2-6-15-8-9/h4-5,7,9,15H,2-3,6,8H2,1H3. The highest BCUT2D eigenvalue weighted by atomic mass is 35.5. The predicted molar refractivity (Wildman–Crippen MR) is 70.6 cm³/mol. The van der Waals surface area contributed by atoms with E-state index < -0.39 is 0 Å². The van der Waals surface area contributed by atoms with Gasteiger partial charge in [0.05, 0.1) is 11.0 Å². The first-order valence-corrected chi connectivity index (χ1v) is 6.46. The molecule has 1 aliphatic heterocycles. The maximum absolute atomic E-state index is 6.03. The largest absolute Gasteiger partial charge is 0.331 e. The minimum absolute atomic E-state index is 0.528. The summed E-state index contributed by atoms with van der Waals surface area (Å²) in [4.78, 5) is 4.74. The zero-order valence-electron chi connectivity index (χ0n) is 9.91. The Morgan fingerprint density at radius 3 is 3.12 bits per heavy atom. The number of hydrogen-bond acceptors (Lipinski definition) is 2. The molecule has 1 aromatic heterocycles. The molecule has 2 heterocycles. The third kappa shape index (κ3) is 1.94. The molecule has 1 aromatic carbocycles. The minimum atomic E-state index is 0.528. The summed E-state index contributed by atoms with van der Waals surface area (Å²) in [6.07, 6.45) is 2.45. The number of piperidine rings is 1. The van der Waals surface area contributed by atoms with Crippen molar-refractivity contribution in [1.29, 1.82) is 0 Å². The van der Waals surface area contributed by atoms with Crippen LogP contribution in [0.1, 0.15) is 24.6 Å². The Morgan fingerprint density at radius 1 is 1.47 bits per heavy atom. The zero-order chi connectivity index (χ0) is 11.8. The number of nitrogens with one attached hydrogen (secondary N) is 1. The van der Waals surface area contributed by atoms with Gasteiger partial charge in [-0.2, -0.15) is 0 Å². The average Bonchev–Trinajstić information content (AvgIpc) is 2.68. The van der Waals surface area contributed by atoms with Gasteiger partial charge < -0.3 is 9.88 Å². The number of rotatable bonds is 1. The molecule has 1 unspecified atom stereocenters. The summed E-state index contributed by atoms with van der Waals surface area (Å²) in [5.74, 6) is 1.70. The number of nitrogens with zero attached hydrogens (tertiary/aromatic N) is 2. The molecule has 0 spiro atoms. The molecule has 1 saturated heterocycles. The molecule has 2 aromatic rings. The van der Waals surface area contributed by atoms with Crippen LogP contribution >= 0.6 is 11.6 Å². The van der Waals surface area contributed by atoms with Gasteiger partial charge in [-0.15, -0.1) is 0 Å². The predicted octanol–water partition coefficient (Wildman–Crippen LogP) is 2.69. The lowest BCUT2D eigenvalue weighted by Gasteiger charge is -2.22. The Hall–Kier alpha value is -1.06. The summed E-state index contributed by atoms with van der Waals surface area (Å²) in [6, 6.07) is 5.89. The molecule has 0 aliphatic carbocycles. The molecule has 17 heavy (non-hydrogen) atoms. The quantitative estimate of drug-likeness (QED) is 0.842. The van der Waals surface area contributed by atoms with Gasteiger partial charge in [0.2, 0.25) is 0 Å². The van der Waals surface area contributed by atoms with E-state index in [1.54, 1.807) is 0 Å². The van der Waals surface area contributed by atoms with Crippen molar-refractivity contribution in [3.05, 3.63) is 29.0 Å². The summed E-state index contributed by atoms with van der Waals surface area (Å²) in [5.41, 5.74) is 2.16. The number of aromatic nitrogens is 2. The van der Waals surface area contributed by atoms with Gasteiger partial charge in [0.15, 0.2) is 0 Å². The normalized spacial score (nSPS) is 20.9. The van der Waals surface area contributed by atoms with Crippen molar-refractivity contribution in [2.45, 2.75) is 18.8 Å². The van der Waals surface area contributed by atoms with Crippen molar-refractivity contribution in [3.8, 4) is 0 Å². The van der Waals surface area contributed by atoms with Gasteiger partial charge >= 0.3 is 0 Å². The topological polar surface area (TPSA) is 29.9 Å². The monoisotopic (exact) mass is 249 g/mol. The second-order valence-electron chi connectivity index (χ2n) is 4.71. The summed E-state index contributed by atoms with van der Waals surface area (Å²) < 4.78 is 2.18. The highest BCUT2D eigenvalue weighted by molar-refractivity contribution is 6.31. The third-order valence-electron chi connectivity index (χ3n) is 3.54. The van der Waals surface area contributed by atoms with Gasteiger partial charge in [0.25, 0.3) is 0 Å². The zero-order valence-corrected chi connectivity index (χ0v) is 10.7. The van der Waals surface area contributed by atoms with Crippen LogP contribution in [0.2, 0.25) is 5.02 Å². The smallest absolute Gasteiger partial charge is 0.114 e. The number of benzene rings is 1. The van der Waals surface area contributed by atoms with Crippen molar-refractivity contribution >= 4 is 22.6 Å². The van der Waals surface area contributed by atoms with E-state index in [0.717, 1.165) is 29.1 Å². The summed E-state index contributed by atoms with van der Waals surface area (Å²) in [5, 5.41) is 4.21. The summed E-state index contributed by atoms with van der Waals surface area (Å²) in [6.45, 7) is 2.16. The molecule has 1 fully saturated rings. The van der Waals surface area contributed by atoms with Gasteiger partial charge in [0.1, 0.15) is 5.82 Å². The lowest BCUT2D eigenvalue weighted by atomic mass is 9.99. The number of fused-ring (bicyclic) bond motifs is 1. The molecule has 1 N–H and O–H groups in total. The van der Waals surface area contributed by atoms with Gasteiger partial charge in [0, 0.05) is 24.5 Å². The fourth-order valence-electron chi connectivity index (χ4n) is 2.62. The second-order valence-corrected chi connectivity index (χ2v) is 5.14. The molecule has 1 atom stereocenters. The van der Waals surface area contributed by atoms with E-state index in [4.69, 9.17) is 16.6 Å².